The van der Waals surface area contributed by atoms with Crippen LogP contribution in [0.3, 0.4) is 0 Å². The molecule has 0 aromatic heterocycles. The summed E-state index contributed by atoms with van der Waals surface area (Å²) in [6.07, 6.45) is 9.01. The van der Waals surface area contributed by atoms with Crippen LogP contribution in [0.2, 0.25) is 5.02 Å². The Morgan fingerprint density at radius 2 is 1.64 bits per heavy atom. The van der Waals surface area contributed by atoms with Crippen LogP contribution in [0.25, 0.3) is 0 Å². The van der Waals surface area contributed by atoms with Gasteiger partial charge in [0, 0.05) is 11.4 Å². The molecule has 1 rings (SSSR count). The second-order valence-electron chi connectivity index (χ2n) is 5.61. The van der Waals surface area contributed by atoms with E-state index in [1.165, 1.54) is 32.1 Å². The number of nitrogens with one attached hydrogen (secondary N) is 1. The topological polar surface area (TPSA) is 41.5 Å². The van der Waals surface area contributed by atoms with Gasteiger partial charge >= 0.3 is 0 Å². The minimum absolute atomic E-state index is 0.0122. The summed E-state index contributed by atoms with van der Waals surface area (Å²) in [6.45, 7) is 4.09. The number of carbonyl (C=O) groups is 1. The summed E-state index contributed by atoms with van der Waals surface area (Å²) in [4.78, 5) is 11.7. The summed E-state index contributed by atoms with van der Waals surface area (Å²) in [7, 11) is 0. The molecule has 122 valence electrons. The minimum atomic E-state index is -0.0122. The van der Waals surface area contributed by atoms with Crippen LogP contribution in [0.5, 0.6) is 0 Å². The van der Waals surface area contributed by atoms with Gasteiger partial charge in [0.2, 0.25) is 5.91 Å². The first-order valence-corrected chi connectivity index (χ1v) is 8.60. The fourth-order valence-electron chi connectivity index (χ4n) is 2.20. The van der Waals surface area contributed by atoms with Crippen LogP contribution in [0.15, 0.2) is 29.4 Å². The lowest BCUT2D eigenvalue weighted by Gasteiger charge is -2.04. The van der Waals surface area contributed by atoms with Crippen molar-refractivity contribution in [1.29, 1.82) is 0 Å². The molecule has 0 aliphatic rings. The average Bonchev–Trinajstić information content (AvgIpc) is 2.52. The van der Waals surface area contributed by atoms with Gasteiger partial charge in [-0.15, -0.1) is 0 Å². The molecule has 0 saturated carbocycles. The number of nitrogens with zero attached hydrogens (tertiary/aromatic N) is 1. The predicted molar refractivity (Wildman–Crippen MR) is 94.4 cm³/mol. The molecule has 1 N–H and O–H groups in total. The molecule has 4 heteroatoms. The molecule has 0 unspecified atom stereocenters. The predicted octanol–water partition coefficient (Wildman–Crippen LogP) is 5.32. The molecular formula is C18H27ClN2O. The first-order valence-electron chi connectivity index (χ1n) is 8.22. The third-order valence-corrected chi connectivity index (χ3v) is 3.87. The number of benzene rings is 1. The van der Waals surface area contributed by atoms with Gasteiger partial charge in [-0.3, -0.25) is 4.79 Å². The zero-order valence-corrected chi connectivity index (χ0v) is 14.5. The summed E-state index contributed by atoms with van der Waals surface area (Å²) in [5.41, 5.74) is 4.36. The van der Waals surface area contributed by atoms with Crippen molar-refractivity contribution >= 4 is 23.2 Å². The van der Waals surface area contributed by atoms with Gasteiger partial charge in [-0.05, 0) is 31.0 Å². The zero-order valence-electron chi connectivity index (χ0n) is 13.7. The number of hydrazone groups is 1. The van der Waals surface area contributed by atoms with E-state index in [4.69, 9.17) is 11.6 Å². The Labute approximate surface area is 139 Å². The van der Waals surface area contributed by atoms with Gasteiger partial charge in [0.1, 0.15) is 0 Å². The average molecular weight is 323 g/mol. The second-order valence-corrected chi connectivity index (χ2v) is 6.05. The van der Waals surface area contributed by atoms with Crippen LogP contribution in [0, 0.1) is 0 Å². The van der Waals surface area contributed by atoms with E-state index in [0.717, 1.165) is 24.1 Å². The maximum atomic E-state index is 11.7. The number of rotatable bonds is 10. The molecule has 1 aromatic rings. The molecule has 0 saturated heterocycles. The van der Waals surface area contributed by atoms with Crippen LogP contribution in [-0.2, 0) is 4.79 Å². The molecule has 1 aromatic carbocycles. The summed E-state index contributed by atoms with van der Waals surface area (Å²) in [5, 5.41) is 4.83. The third kappa shape index (κ3) is 8.18. The Morgan fingerprint density at radius 1 is 1.05 bits per heavy atom. The molecular weight excluding hydrogens is 296 g/mol. The highest BCUT2D eigenvalue weighted by Gasteiger charge is 2.01. The van der Waals surface area contributed by atoms with E-state index in [9.17, 15) is 4.79 Å². The van der Waals surface area contributed by atoms with Gasteiger partial charge in [0.15, 0.2) is 0 Å². The molecule has 0 aliphatic heterocycles. The summed E-state index contributed by atoms with van der Waals surface area (Å²) < 4.78 is 0. The van der Waals surface area contributed by atoms with E-state index in [1.807, 2.05) is 31.2 Å². The van der Waals surface area contributed by atoms with Gasteiger partial charge in [-0.25, -0.2) is 5.43 Å². The van der Waals surface area contributed by atoms with Crippen molar-refractivity contribution in [2.24, 2.45) is 5.10 Å². The van der Waals surface area contributed by atoms with Crippen LogP contribution < -0.4 is 5.43 Å². The van der Waals surface area contributed by atoms with Crippen molar-refractivity contribution in [3.63, 3.8) is 0 Å². The highest BCUT2D eigenvalue weighted by atomic mass is 35.5. The lowest BCUT2D eigenvalue weighted by Crippen LogP contribution is -2.18. The molecule has 0 heterocycles. The molecule has 0 aliphatic carbocycles. The van der Waals surface area contributed by atoms with E-state index < -0.39 is 0 Å². The van der Waals surface area contributed by atoms with E-state index >= 15 is 0 Å². The zero-order chi connectivity index (χ0) is 16.2. The molecule has 3 nitrogen and oxygen atoms in total. The van der Waals surface area contributed by atoms with Gasteiger partial charge in [-0.1, -0.05) is 69.2 Å². The number of unbranched alkanes of at least 4 members (excludes halogenated alkanes) is 6. The quantitative estimate of drug-likeness (QED) is 0.353. The maximum absolute atomic E-state index is 11.7. The van der Waals surface area contributed by atoms with E-state index in [-0.39, 0.29) is 5.91 Å². The number of amides is 1. The third-order valence-electron chi connectivity index (χ3n) is 3.62. The Bertz CT molecular complexity index is 468. The van der Waals surface area contributed by atoms with Gasteiger partial charge in [0.05, 0.1) is 5.71 Å². The van der Waals surface area contributed by atoms with E-state index in [2.05, 4.69) is 17.5 Å². The lowest BCUT2D eigenvalue weighted by atomic mass is 10.1. The van der Waals surface area contributed by atoms with Crippen molar-refractivity contribution < 1.29 is 4.79 Å². The standard InChI is InChI=1S/C18H27ClN2O/c1-3-4-5-6-7-8-9-10-18(22)21-20-15(2)16-11-13-17(19)14-12-16/h11-14H,3-10H2,1-2H3,(H,21,22). The van der Waals surface area contributed by atoms with E-state index in [1.54, 1.807) is 0 Å². The molecule has 0 bridgehead atoms. The highest BCUT2D eigenvalue weighted by Crippen LogP contribution is 2.10. The minimum Gasteiger partial charge on any atom is -0.273 e. The van der Waals surface area contributed by atoms with Gasteiger partial charge < -0.3 is 0 Å². The Kier molecular flexibility index (Phi) is 9.56. The highest BCUT2D eigenvalue weighted by molar-refractivity contribution is 6.30. The maximum Gasteiger partial charge on any atom is 0.240 e. The second kappa shape index (κ2) is 11.2. The first-order chi connectivity index (χ1) is 10.6. The van der Waals surface area contributed by atoms with Crippen molar-refractivity contribution in [3.05, 3.63) is 34.9 Å². The summed E-state index contributed by atoms with van der Waals surface area (Å²) in [5.74, 6) is -0.0122. The number of carbonyl (C=O) groups excluding carboxylic acids is 1. The largest absolute Gasteiger partial charge is 0.273 e. The fraction of sp³-hybridized carbons (Fsp3) is 0.556. The van der Waals surface area contributed by atoms with Gasteiger partial charge in [-0.2, -0.15) is 5.10 Å². The lowest BCUT2D eigenvalue weighted by molar-refractivity contribution is -0.121. The van der Waals surface area contributed by atoms with Crippen LogP contribution in [0.1, 0.15) is 70.8 Å². The molecule has 0 spiro atoms. The van der Waals surface area contributed by atoms with Crippen molar-refractivity contribution in [2.45, 2.75) is 65.2 Å². The Balaban J connectivity index is 2.19. The molecule has 0 atom stereocenters. The normalized spacial score (nSPS) is 11.5. The number of hydrogen-bond donors (Lipinski definition) is 1. The Morgan fingerprint density at radius 3 is 2.27 bits per heavy atom. The van der Waals surface area contributed by atoms with Crippen LogP contribution in [0.4, 0.5) is 0 Å². The first kappa shape index (κ1) is 18.7. The van der Waals surface area contributed by atoms with Crippen LogP contribution in [-0.4, -0.2) is 11.6 Å². The fourth-order valence-corrected chi connectivity index (χ4v) is 2.33. The smallest absolute Gasteiger partial charge is 0.240 e. The summed E-state index contributed by atoms with van der Waals surface area (Å²) >= 11 is 5.85. The van der Waals surface area contributed by atoms with Crippen molar-refractivity contribution in [3.8, 4) is 0 Å². The molecule has 0 radical (unpaired) electrons. The molecule has 22 heavy (non-hydrogen) atoms. The number of hydrogen-bond acceptors (Lipinski definition) is 2. The van der Waals surface area contributed by atoms with Crippen molar-refractivity contribution in [2.75, 3.05) is 0 Å². The monoisotopic (exact) mass is 322 g/mol. The molecule has 1 amide bonds. The van der Waals surface area contributed by atoms with Crippen LogP contribution >= 0.6 is 11.6 Å². The van der Waals surface area contributed by atoms with Crippen molar-refractivity contribution in [1.82, 2.24) is 5.43 Å². The van der Waals surface area contributed by atoms with Gasteiger partial charge in [0.25, 0.3) is 0 Å². The SMILES string of the molecule is CCCCCCCCCC(=O)NN=C(C)c1ccc(Cl)cc1. The Hall–Kier alpha value is -1.35. The number of halogens is 1. The molecule has 0 fully saturated rings. The summed E-state index contributed by atoms with van der Waals surface area (Å²) in [6, 6.07) is 7.42. The van der Waals surface area contributed by atoms with E-state index in [0.29, 0.717) is 11.4 Å².